The van der Waals surface area contributed by atoms with Gasteiger partial charge in [0, 0.05) is 6.54 Å². The fraction of sp³-hybridized carbons (Fsp3) is 0.300. The quantitative estimate of drug-likeness (QED) is 0.669. The van der Waals surface area contributed by atoms with Crippen LogP contribution < -0.4 is 10.9 Å². The van der Waals surface area contributed by atoms with Gasteiger partial charge < -0.3 is 19.8 Å². The average Bonchev–Trinajstić information content (AvgIpc) is 2.64. The van der Waals surface area contributed by atoms with Crippen LogP contribution >= 0.6 is 0 Å². The van der Waals surface area contributed by atoms with Crippen LogP contribution in [0.5, 0.6) is 0 Å². The van der Waals surface area contributed by atoms with Crippen LogP contribution in [0.25, 0.3) is 11.1 Å². The van der Waals surface area contributed by atoms with E-state index in [1.165, 1.54) is 6.33 Å². The highest BCUT2D eigenvalue weighted by atomic mass is 16.3. The summed E-state index contributed by atoms with van der Waals surface area (Å²) in [6.45, 7) is 1.52. The van der Waals surface area contributed by atoms with Crippen molar-refractivity contribution in [2.75, 3.05) is 13.2 Å². The Kier molecular flexibility index (Phi) is 2.92. The van der Waals surface area contributed by atoms with Crippen molar-refractivity contribution in [3.63, 3.8) is 0 Å². The van der Waals surface area contributed by atoms with Crippen LogP contribution in [0.1, 0.15) is 16.1 Å². The standard InChI is InChI=1S/C10H11N3O4/c1-5-6(8(15)11-2-3-14)7-9(16)12-4-13-10(7)17-5/h4,14H,2-3H2,1H3,(H,11,15)(H,12,13,16). The lowest BCUT2D eigenvalue weighted by molar-refractivity contribution is 0.0944. The predicted molar refractivity (Wildman–Crippen MR) is 58.8 cm³/mol. The smallest absolute Gasteiger partial charge is 0.262 e. The van der Waals surface area contributed by atoms with Crippen molar-refractivity contribution in [3.8, 4) is 0 Å². The van der Waals surface area contributed by atoms with Crippen LogP contribution in [0.15, 0.2) is 15.5 Å². The lowest BCUT2D eigenvalue weighted by Crippen LogP contribution is -2.27. The number of aromatic amines is 1. The number of carbonyl (C=O) groups is 1. The van der Waals surface area contributed by atoms with E-state index in [9.17, 15) is 9.59 Å². The molecule has 17 heavy (non-hydrogen) atoms. The molecule has 3 N–H and O–H groups in total. The van der Waals surface area contributed by atoms with E-state index < -0.39 is 11.5 Å². The molecule has 0 saturated heterocycles. The summed E-state index contributed by atoms with van der Waals surface area (Å²) in [7, 11) is 0. The number of aliphatic hydroxyl groups is 1. The molecule has 0 saturated carbocycles. The Hall–Kier alpha value is -2.15. The van der Waals surface area contributed by atoms with E-state index >= 15 is 0 Å². The number of aliphatic hydroxyl groups excluding tert-OH is 1. The summed E-state index contributed by atoms with van der Waals surface area (Å²) in [6.07, 6.45) is 1.21. The number of hydrogen-bond donors (Lipinski definition) is 3. The number of amides is 1. The molecule has 0 atom stereocenters. The van der Waals surface area contributed by atoms with E-state index in [2.05, 4.69) is 15.3 Å². The van der Waals surface area contributed by atoms with Gasteiger partial charge in [-0.05, 0) is 6.92 Å². The highest BCUT2D eigenvalue weighted by molar-refractivity contribution is 6.06. The number of aromatic nitrogens is 2. The molecule has 0 unspecified atom stereocenters. The zero-order chi connectivity index (χ0) is 12.4. The third-order valence-corrected chi connectivity index (χ3v) is 2.29. The molecule has 2 rings (SSSR count). The van der Waals surface area contributed by atoms with Gasteiger partial charge >= 0.3 is 0 Å². The molecule has 0 radical (unpaired) electrons. The lowest BCUT2D eigenvalue weighted by Gasteiger charge is -2.01. The van der Waals surface area contributed by atoms with Crippen molar-refractivity contribution in [1.82, 2.24) is 15.3 Å². The number of nitrogens with zero attached hydrogens (tertiary/aromatic N) is 1. The van der Waals surface area contributed by atoms with E-state index in [0.29, 0.717) is 5.76 Å². The molecule has 1 amide bonds. The second-order valence-electron chi connectivity index (χ2n) is 3.42. The second-order valence-corrected chi connectivity index (χ2v) is 3.42. The highest BCUT2D eigenvalue weighted by Gasteiger charge is 2.20. The van der Waals surface area contributed by atoms with Gasteiger partial charge in [0.1, 0.15) is 11.1 Å². The normalized spacial score (nSPS) is 10.7. The van der Waals surface area contributed by atoms with Crippen LogP contribution in [-0.4, -0.2) is 34.1 Å². The molecule has 0 aromatic carbocycles. The molecule has 0 spiro atoms. The second kappa shape index (κ2) is 4.38. The van der Waals surface area contributed by atoms with Crippen LogP contribution in [0.2, 0.25) is 0 Å². The first kappa shape index (κ1) is 11.3. The number of carbonyl (C=O) groups excluding carboxylic acids is 1. The average molecular weight is 237 g/mol. The largest absolute Gasteiger partial charge is 0.442 e. The minimum atomic E-state index is -0.464. The van der Waals surface area contributed by atoms with Gasteiger partial charge in [-0.1, -0.05) is 0 Å². The number of rotatable bonds is 3. The van der Waals surface area contributed by atoms with Crippen LogP contribution in [-0.2, 0) is 0 Å². The maximum Gasteiger partial charge on any atom is 0.262 e. The van der Waals surface area contributed by atoms with Gasteiger partial charge in [-0.3, -0.25) is 9.59 Å². The van der Waals surface area contributed by atoms with Crippen molar-refractivity contribution in [2.24, 2.45) is 0 Å². The topological polar surface area (TPSA) is 108 Å². The van der Waals surface area contributed by atoms with Crippen molar-refractivity contribution >= 4 is 17.0 Å². The zero-order valence-corrected chi connectivity index (χ0v) is 9.11. The summed E-state index contributed by atoms with van der Waals surface area (Å²) in [6, 6.07) is 0. The number of furan rings is 1. The van der Waals surface area contributed by atoms with Crippen LogP contribution in [0.4, 0.5) is 0 Å². The lowest BCUT2D eigenvalue weighted by atomic mass is 10.2. The maximum absolute atomic E-state index is 11.8. The minimum Gasteiger partial charge on any atom is -0.442 e. The van der Waals surface area contributed by atoms with Crippen LogP contribution in [0.3, 0.4) is 0 Å². The van der Waals surface area contributed by atoms with Gasteiger partial charge in [-0.25, -0.2) is 4.98 Å². The Balaban J connectivity index is 2.56. The molecule has 0 aliphatic carbocycles. The summed E-state index contributed by atoms with van der Waals surface area (Å²) in [4.78, 5) is 29.6. The summed E-state index contributed by atoms with van der Waals surface area (Å²) >= 11 is 0. The Labute approximate surface area is 95.5 Å². The summed E-state index contributed by atoms with van der Waals surface area (Å²) in [5.74, 6) is -0.145. The third kappa shape index (κ3) is 1.92. The Morgan fingerprint density at radius 1 is 1.65 bits per heavy atom. The molecule has 2 aromatic heterocycles. The molecule has 0 aliphatic rings. The molecule has 0 bridgehead atoms. The van der Waals surface area contributed by atoms with Crippen molar-refractivity contribution in [3.05, 3.63) is 28.0 Å². The molecular formula is C10H11N3O4. The van der Waals surface area contributed by atoms with E-state index in [-0.39, 0.29) is 29.8 Å². The fourth-order valence-corrected chi connectivity index (χ4v) is 1.58. The number of H-pyrrole nitrogens is 1. The minimum absolute atomic E-state index is 0.114. The van der Waals surface area contributed by atoms with Gasteiger partial charge in [0.05, 0.1) is 18.5 Å². The van der Waals surface area contributed by atoms with Gasteiger partial charge in [0.25, 0.3) is 11.5 Å². The SMILES string of the molecule is Cc1oc2nc[nH]c(=O)c2c1C(=O)NCCO. The third-order valence-electron chi connectivity index (χ3n) is 2.29. The first-order chi connectivity index (χ1) is 8.15. The predicted octanol–water partition coefficient (Wildman–Crippen LogP) is -0.453. The first-order valence-corrected chi connectivity index (χ1v) is 5.01. The van der Waals surface area contributed by atoms with Crippen molar-refractivity contribution < 1.29 is 14.3 Å². The highest BCUT2D eigenvalue weighted by Crippen LogP contribution is 2.19. The Morgan fingerprint density at radius 2 is 2.41 bits per heavy atom. The number of nitrogens with one attached hydrogen (secondary N) is 2. The van der Waals surface area contributed by atoms with Crippen LogP contribution in [0, 0.1) is 6.92 Å². The molecule has 7 heteroatoms. The monoisotopic (exact) mass is 237 g/mol. The first-order valence-electron chi connectivity index (χ1n) is 5.01. The van der Waals surface area contributed by atoms with E-state index in [1.54, 1.807) is 6.92 Å². The van der Waals surface area contributed by atoms with Gasteiger partial charge in [-0.2, -0.15) is 0 Å². The van der Waals surface area contributed by atoms with E-state index in [0.717, 1.165) is 0 Å². The molecule has 0 aliphatic heterocycles. The molecule has 90 valence electrons. The number of hydrogen-bond acceptors (Lipinski definition) is 5. The fourth-order valence-electron chi connectivity index (χ4n) is 1.58. The van der Waals surface area contributed by atoms with Crippen molar-refractivity contribution in [1.29, 1.82) is 0 Å². The Bertz CT molecular complexity index is 614. The van der Waals surface area contributed by atoms with Gasteiger partial charge in [0.2, 0.25) is 5.71 Å². The van der Waals surface area contributed by atoms with E-state index in [4.69, 9.17) is 9.52 Å². The molecule has 2 heterocycles. The van der Waals surface area contributed by atoms with Gasteiger partial charge in [-0.15, -0.1) is 0 Å². The number of aryl methyl sites for hydroxylation is 1. The molecular weight excluding hydrogens is 226 g/mol. The number of fused-ring (bicyclic) bond motifs is 1. The Morgan fingerprint density at radius 3 is 3.12 bits per heavy atom. The van der Waals surface area contributed by atoms with Gasteiger partial charge in [0.15, 0.2) is 0 Å². The summed E-state index contributed by atoms with van der Waals surface area (Å²) in [5, 5.41) is 11.2. The molecule has 2 aromatic rings. The van der Waals surface area contributed by atoms with E-state index in [1.807, 2.05) is 0 Å². The maximum atomic E-state index is 11.8. The van der Waals surface area contributed by atoms with Crippen molar-refractivity contribution in [2.45, 2.75) is 6.92 Å². The summed E-state index contributed by atoms with van der Waals surface area (Å²) < 4.78 is 5.23. The zero-order valence-electron chi connectivity index (χ0n) is 9.11. The summed E-state index contributed by atoms with van der Waals surface area (Å²) in [5.41, 5.74) is -0.149. The molecule has 0 fully saturated rings. The molecule has 7 nitrogen and oxygen atoms in total.